The zero-order valence-electron chi connectivity index (χ0n) is 11.0. The number of nitrogens with one attached hydrogen (secondary N) is 1. The van der Waals surface area contributed by atoms with Crippen molar-refractivity contribution in [1.82, 2.24) is 4.72 Å². The van der Waals surface area contributed by atoms with Gasteiger partial charge in [-0.25, -0.2) is 26.3 Å². The van der Waals surface area contributed by atoms with Crippen LogP contribution >= 0.6 is 0 Å². The molecular weight excluding hydrogens is 295 g/mol. The molecule has 0 amide bonds. The molecule has 0 spiro atoms. The maximum Gasteiger partial charge on any atom is 0.243 e. The molecule has 1 aromatic carbocycles. The van der Waals surface area contributed by atoms with Gasteiger partial charge < -0.3 is 5.11 Å². The molecule has 1 aromatic rings. The summed E-state index contributed by atoms with van der Waals surface area (Å²) in [4.78, 5) is -0.944. The first kappa shape index (κ1) is 16.9. The smallest absolute Gasteiger partial charge is 0.243 e. The Morgan fingerprint density at radius 3 is 2.35 bits per heavy atom. The Bertz CT molecular complexity index is 576. The van der Waals surface area contributed by atoms with E-state index < -0.39 is 38.5 Å². The average Bonchev–Trinajstić information content (AvgIpc) is 2.32. The number of rotatable bonds is 6. The van der Waals surface area contributed by atoms with Crippen LogP contribution in [-0.2, 0) is 10.0 Å². The SMILES string of the molecule is CC(O)CC(C)CNS(=O)(=O)c1ccc(F)c(F)c1F. The highest BCUT2D eigenvalue weighted by Gasteiger charge is 2.24. The van der Waals surface area contributed by atoms with Crippen molar-refractivity contribution in [3.8, 4) is 0 Å². The van der Waals surface area contributed by atoms with E-state index in [1.807, 2.05) is 0 Å². The molecule has 2 N–H and O–H groups in total. The van der Waals surface area contributed by atoms with E-state index in [0.29, 0.717) is 18.6 Å². The summed E-state index contributed by atoms with van der Waals surface area (Å²) < 4.78 is 64.9. The van der Waals surface area contributed by atoms with Gasteiger partial charge in [0.05, 0.1) is 6.10 Å². The van der Waals surface area contributed by atoms with Crippen molar-refractivity contribution < 1.29 is 26.7 Å². The zero-order valence-corrected chi connectivity index (χ0v) is 11.8. The summed E-state index contributed by atoms with van der Waals surface area (Å²) in [5, 5.41) is 9.15. The van der Waals surface area contributed by atoms with E-state index in [-0.39, 0.29) is 12.5 Å². The molecular formula is C12H16F3NO3S. The molecule has 2 unspecified atom stereocenters. The van der Waals surface area contributed by atoms with Gasteiger partial charge in [0.15, 0.2) is 17.5 Å². The van der Waals surface area contributed by atoms with Gasteiger partial charge in [-0.05, 0) is 31.4 Å². The molecule has 0 heterocycles. The van der Waals surface area contributed by atoms with E-state index in [2.05, 4.69) is 4.72 Å². The predicted octanol–water partition coefficient (Wildman–Crippen LogP) is 1.79. The van der Waals surface area contributed by atoms with Crippen molar-refractivity contribution >= 4 is 10.0 Å². The maximum absolute atomic E-state index is 13.4. The van der Waals surface area contributed by atoms with E-state index in [0.717, 1.165) is 0 Å². The summed E-state index contributed by atoms with van der Waals surface area (Å²) >= 11 is 0. The maximum atomic E-state index is 13.4. The standard InChI is InChI=1S/C12H16F3NO3S/c1-7(5-8(2)17)6-16-20(18,19)10-4-3-9(13)11(14)12(10)15/h3-4,7-8,16-17H,5-6H2,1-2H3. The normalized spacial score (nSPS) is 15.1. The predicted molar refractivity (Wildman–Crippen MR) is 67.0 cm³/mol. The van der Waals surface area contributed by atoms with E-state index in [9.17, 15) is 21.6 Å². The van der Waals surface area contributed by atoms with Crippen LogP contribution < -0.4 is 4.72 Å². The molecule has 0 aliphatic rings. The Balaban J connectivity index is 2.87. The molecule has 0 aliphatic carbocycles. The minimum atomic E-state index is -4.27. The van der Waals surface area contributed by atoms with Crippen LogP contribution in [0, 0.1) is 23.4 Å². The number of hydrogen-bond acceptors (Lipinski definition) is 3. The van der Waals surface area contributed by atoms with Gasteiger partial charge >= 0.3 is 0 Å². The molecule has 0 bridgehead atoms. The second-order valence-electron chi connectivity index (χ2n) is 4.72. The van der Waals surface area contributed by atoms with Crippen LogP contribution in [0.3, 0.4) is 0 Å². The molecule has 0 saturated carbocycles. The van der Waals surface area contributed by atoms with Crippen LogP contribution in [-0.4, -0.2) is 26.2 Å². The third-order valence-electron chi connectivity index (χ3n) is 2.65. The Morgan fingerprint density at radius 1 is 1.20 bits per heavy atom. The van der Waals surface area contributed by atoms with Crippen LogP contribution in [0.4, 0.5) is 13.2 Å². The fourth-order valence-electron chi connectivity index (χ4n) is 1.71. The topological polar surface area (TPSA) is 66.4 Å². The first-order chi connectivity index (χ1) is 9.15. The highest BCUT2D eigenvalue weighted by Crippen LogP contribution is 2.19. The minimum Gasteiger partial charge on any atom is -0.393 e. The van der Waals surface area contributed by atoms with E-state index in [1.54, 1.807) is 13.8 Å². The van der Waals surface area contributed by atoms with Crippen LogP contribution in [0.2, 0.25) is 0 Å². The Hall–Kier alpha value is -1.12. The molecule has 4 nitrogen and oxygen atoms in total. The van der Waals surface area contributed by atoms with Crippen molar-refractivity contribution in [3.05, 3.63) is 29.6 Å². The van der Waals surface area contributed by atoms with Gasteiger partial charge in [0.1, 0.15) is 4.90 Å². The zero-order chi connectivity index (χ0) is 15.5. The second-order valence-corrected chi connectivity index (χ2v) is 6.45. The fourth-order valence-corrected chi connectivity index (χ4v) is 2.94. The lowest BCUT2D eigenvalue weighted by Gasteiger charge is -2.14. The average molecular weight is 311 g/mol. The molecule has 20 heavy (non-hydrogen) atoms. The van der Waals surface area contributed by atoms with Crippen molar-refractivity contribution in [2.75, 3.05) is 6.54 Å². The van der Waals surface area contributed by atoms with Gasteiger partial charge in [-0.3, -0.25) is 0 Å². The van der Waals surface area contributed by atoms with E-state index in [1.165, 1.54) is 0 Å². The van der Waals surface area contributed by atoms with Gasteiger partial charge in [-0.1, -0.05) is 6.92 Å². The quantitative estimate of drug-likeness (QED) is 0.787. The van der Waals surface area contributed by atoms with Crippen molar-refractivity contribution in [2.24, 2.45) is 5.92 Å². The minimum absolute atomic E-state index is 0.0499. The molecule has 8 heteroatoms. The Morgan fingerprint density at radius 2 is 1.80 bits per heavy atom. The number of sulfonamides is 1. The summed E-state index contributed by atoms with van der Waals surface area (Å²) in [7, 11) is -4.27. The number of aliphatic hydroxyl groups is 1. The highest BCUT2D eigenvalue weighted by molar-refractivity contribution is 7.89. The van der Waals surface area contributed by atoms with E-state index in [4.69, 9.17) is 5.11 Å². The number of hydrogen-bond donors (Lipinski definition) is 2. The van der Waals surface area contributed by atoms with Crippen LogP contribution in [0.25, 0.3) is 0 Å². The molecule has 1 rings (SSSR count). The summed E-state index contributed by atoms with van der Waals surface area (Å²) in [5.41, 5.74) is 0. The van der Waals surface area contributed by atoms with Gasteiger partial charge in [-0.15, -0.1) is 0 Å². The number of halogens is 3. The lowest BCUT2D eigenvalue weighted by Crippen LogP contribution is -2.30. The largest absolute Gasteiger partial charge is 0.393 e. The molecule has 0 saturated heterocycles. The second kappa shape index (κ2) is 6.55. The van der Waals surface area contributed by atoms with Gasteiger partial charge in [0.2, 0.25) is 10.0 Å². The summed E-state index contributed by atoms with van der Waals surface area (Å²) in [6.45, 7) is 3.20. The molecule has 2 atom stereocenters. The number of benzene rings is 1. The van der Waals surface area contributed by atoms with Gasteiger partial charge in [-0.2, -0.15) is 0 Å². The first-order valence-electron chi connectivity index (χ1n) is 5.96. The molecule has 0 radical (unpaired) electrons. The summed E-state index contributed by atoms with van der Waals surface area (Å²) in [5.74, 6) is -5.23. The number of aliphatic hydroxyl groups excluding tert-OH is 1. The lowest BCUT2D eigenvalue weighted by atomic mass is 10.1. The van der Waals surface area contributed by atoms with Crippen molar-refractivity contribution in [1.29, 1.82) is 0 Å². The first-order valence-corrected chi connectivity index (χ1v) is 7.44. The molecule has 0 aliphatic heterocycles. The van der Waals surface area contributed by atoms with E-state index >= 15 is 0 Å². The Kier molecular flexibility index (Phi) is 5.55. The van der Waals surface area contributed by atoms with Gasteiger partial charge in [0, 0.05) is 6.54 Å². The summed E-state index contributed by atoms with van der Waals surface area (Å²) in [6, 6.07) is 1.21. The van der Waals surface area contributed by atoms with Crippen LogP contribution in [0.15, 0.2) is 17.0 Å². The van der Waals surface area contributed by atoms with Crippen LogP contribution in [0.5, 0.6) is 0 Å². The molecule has 114 valence electrons. The van der Waals surface area contributed by atoms with Gasteiger partial charge in [0.25, 0.3) is 0 Å². The van der Waals surface area contributed by atoms with Crippen LogP contribution in [0.1, 0.15) is 20.3 Å². The third kappa shape index (κ3) is 4.19. The van der Waals surface area contributed by atoms with Crippen molar-refractivity contribution in [2.45, 2.75) is 31.3 Å². The Labute approximate surface area is 115 Å². The molecule has 0 aromatic heterocycles. The summed E-state index contributed by atoms with van der Waals surface area (Å²) in [6.07, 6.45) is -0.252. The monoisotopic (exact) mass is 311 g/mol. The highest BCUT2D eigenvalue weighted by atomic mass is 32.2. The fraction of sp³-hybridized carbons (Fsp3) is 0.500. The lowest BCUT2D eigenvalue weighted by molar-refractivity contribution is 0.164. The molecule has 0 fully saturated rings. The van der Waals surface area contributed by atoms with Crippen molar-refractivity contribution in [3.63, 3.8) is 0 Å². The third-order valence-corrected chi connectivity index (χ3v) is 4.10.